The van der Waals surface area contributed by atoms with Crippen LogP contribution in [0.1, 0.15) is 13.8 Å². The number of rotatable bonds is 5. The zero-order chi connectivity index (χ0) is 10.4. The molecule has 4 nitrogen and oxygen atoms in total. The van der Waals surface area contributed by atoms with Crippen molar-refractivity contribution in [2.75, 3.05) is 12.5 Å². The topological polar surface area (TPSA) is 67.2 Å². The maximum Gasteiger partial charge on any atom is 0.322 e. The number of esters is 1. The number of hydrogen-bond donors (Lipinski definition) is 1. The van der Waals surface area contributed by atoms with E-state index in [1.54, 1.807) is 6.92 Å². The van der Waals surface area contributed by atoms with E-state index in [4.69, 9.17) is 17.0 Å². The summed E-state index contributed by atoms with van der Waals surface area (Å²) >= 11 is 5.28. The lowest BCUT2D eigenvalue weighted by atomic mass is 10.0. The van der Waals surface area contributed by atoms with Crippen LogP contribution in [0.5, 0.6) is 0 Å². The van der Waals surface area contributed by atoms with Crippen LogP contribution in [0.3, 0.4) is 0 Å². The Balaban J connectivity index is 4.51. The fraction of sp³-hybridized carbons (Fsp3) is 0.625. The molecule has 0 aliphatic carbocycles. The third kappa shape index (κ3) is 3.55. The highest BCUT2D eigenvalue weighted by atomic mass is 35.5. The second-order valence-electron chi connectivity index (χ2n) is 2.47. The van der Waals surface area contributed by atoms with Crippen LogP contribution in [0.25, 0.3) is 0 Å². The second-order valence-corrected chi connectivity index (χ2v) is 2.74. The van der Waals surface area contributed by atoms with Crippen LogP contribution >= 0.6 is 11.6 Å². The average Bonchev–Trinajstić information content (AvgIpc) is 2.04. The molecule has 0 saturated carbocycles. The quantitative estimate of drug-likeness (QED) is 0.315. The normalized spacial score (nSPS) is 11.9. The van der Waals surface area contributed by atoms with Crippen molar-refractivity contribution in [1.82, 2.24) is 0 Å². The summed E-state index contributed by atoms with van der Waals surface area (Å²) in [6, 6.07) is 0. The minimum Gasteiger partial charge on any atom is -0.465 e. The number of hydrogen-bond acceptors (Lipinski definition) is 4. The van der Waals surface area contributed by atoms with Crippen LogP contribution < -0.4 is 0 Å². The summed E-state index contributed by atoms with van der Waals surface area (Å²) in [4.78, 5) is 22.2. The minimum absolute atomic E-state index is 0.0379. The van der Waals surface area contributed by atoms with Gasteiger partial charge in [-0.15, -0.1) is 11.6 Å². The van der Waals surface area contributed by atoms with Gasteiger partial charge in [-0.3, -0.25) is 9.59 Å². The third-order valence-electron chi connectivity index (χ3n) is 1.41. The van der Waals surface area contributed by atoms with E-state index in [2.05, 4.69) is 4.74 Å². The predicted molar refractivity (Wildman–Crippen MR) is 49.3 cm³/mol. The Hall–Kier alpha value is -0.900. The molecule has 0 heterocycles. The summed E-state index contributed by atoms with van der Waals surface area (Å²) in [6.45, 7) is 3.21. The van der Waals surface area contributed by atoms with Crippen molar-refractivity contribution >= 4 is 29.1 Å². The van der Waals surface area contributed by atoms with Gasteiger partial charge < -0.3 is 10.1 Å². The first-order valence-corrected chi connectivity index (χ1v) is 4.38. The molecule has 0 bridgehead atoms. The summed E-state index contributed by atoms with van der Waals surface area (Å²) in [5, 5.41) is 7.21. The molecule has 5 heteroatoms. The monoisotopic (exact) mass is 205 g/mol. The standard InChI is InChI=1S/C8H12ClNO3/c1-3-13-8(12)7(5(2)10)6(11)4-9/h7,10H,3-4H2,1-2H3. The molecule has 0 rings (SSSR count). The number of carbonyl (C=O) groups is 2. The van der Waals surface area contributed by atoms with Crippen molar-refractivity contribution in [1.29, 1.82) is 5.41 Å². The van der Waals surface area contributed by atoms with E-state index < -0.39 is 17.7 Å². The number of alkyl halides is 1. The van der Waals surface area contributed by atoms with Crippen LogP contribution in [-0.4, -0.2) is 30.0 Å². The van der Waals surface area contributed by atoms with E-state index >= 15 is 0 Å². The molecule has 1 unspecified atom stereocenters. The maximum atomic E-state index is 11.1. The molecule has 0 radical (unpaired) electrons. The van der Waals surface area contributed by atoms with Gasteiger partial charge in [-0.1, -0.05) is 0 Å². The summed E-state index contributed by atoms with van der Waals surface area (Å²) in [5.41, 5.74) is -0.0379. The van der Waals surface area contributed by atoms with Gasteiger partial charge in [0, 0.05) is 5.71 Å². The van der Waals surface area contributed by atoms with Crippen LogP contribution in [0.4, 0.5) is 0 Å². The van der Waals surface area contributed by atoms with Crippen molar-refractivity contribution in [3.05, 3.63) is 0 Å². The smallest absolute Gasteiger partial charge is 0.322 e. The van der Waals surface area contributed by atoms with Gasteiger partial charge in [0.2, 0.25) is 0 Å². The van der Waals surface area contributed by atoms with E-state index in [0.717, 1.165) is 0 Å². The van der Waals surface area contributed by atoms with Gasteiger partial charge in [-0.2, -0.15) is 0 Å². The summed E-state index contributed by atoms with van der Waals surface area (Å²) in [5.74, 6) is -2.59. The molecule has 74 valence electrons. The number of ether oxygens (including phenoxy) is 1. The average molecular weight is 206 g/mol. The van der Waals surface area contributed by atoms with Gasteiger partial charge in [0.05, 0.1) is 12.5 Å². The lowest BCUT2D eigenvalue weighted by Gasteiger charge is -2.11. The molecule has 0 aromatic heterocycles. The first kappa shape index (κ1) is 12.1. The van der Waals surface area contributed by atoms with E-state index in [9.17, 15) is 9.59 Å². The molecule has 0 saturated heterocycles. The van der Waals surface area contributed by atoms with Crippen LogP contribution in [0.2, 0.25) is 0 Å². The first-order valence-electron chi connectivity index (χ1n) is 3.84. The highest BCUT2D eigenvalue weighted by Gasteiger charge is 2.28. The Kier molecular flexibility index (Phi) is 5.30. The number of halogens is 1. The Morgan fingerprint density at radius 3 is 2.38 bits per heavy atom. The molecule has 0 aromatic carbocycles. The number of Topliss-reactive ketones (excluding diaryl/α,β-unsaturated/α-hetero) is 1. The van der Waals surface area contributed by atoms with Gasteiger partial charge >= 0.3 is 5.97 Å². The summed E-state index contributed by atoms with van der Waals surface area (Å²) in [6.07, 6.45) is 0. The first-order chi connectivity index (χ1) is 6.04. The number of ketones is 1. The third-order valence-corrected chi connectivity index (χ3v) is 1.67. The lowest BCUT2D eigenvalue weighted by molar-refractivity contribution is -0.148. The fourth-order valence-electron chi connectivity index (χ4n) is 0.852. The van der Waals surface area contributed by atoms with Gasteiger partial charge in [-0.25, -0.2) is 0 Å². The van der Waals surface area contributed by atoms with Crippen LogP contribution in [0.15, 0.2) is 0 Å². The van der Waals surface area contributed by atoms with Crippen molar-refractivity contribution in [2.24, 2.45) is 5.92 Å². The zero-order valence-electron chi connectivity index (χ0n) is 7.59. The SMILES string of the molecule is CCOC(=O)C(C(C)=N)C(=O)CCl. The number of nitrogens with one attached hydrogen (secondary N) is 1. The predicted octanol–water partition coefficient (Wildman–Crippen LogP) is 1.01. The Labute approximate surface area is 81.7 Å². The highest BCUT2D eigenvalue weighted by Crippen LogP contribution is 2.05. The molecule has 0 aliphatic heterocycles. The molecule has 0 fully saturated rings. The Morgan fingerprint density at radius 1 is 1.54 bits per heavy atom. The molecular formula is C8H12ClNO3. The van der Waals surface area contributed by atoms with Gasteiger partial charge in [0.25, 0.3) is 0 Å². The van der Waals surface area contributed by atoms with Crippen molar-refractivity contribution in [3.63, 3.8) is 0 Å². The van der Waals surface area contributed by atoms with Gasteiger partial charge in [0.15, 0.2) is 11.7 Å². The van der Waals surface area contributed by atoms with Crippen LogP contribution in [-0.2, 0) is 14.3 Å². The Bertz CT molecular complexity index is 227. The molecule has 0 amide bonds. The largest absolute Gasteiger partial charge is 0.465 e. The van der Waals surface area contributed by atoms with E-state index in [0.29, 0.717) is 0 Å². The zero-order valence-corrected chi connectivity index (χ0v) is 8.35. The van der Waals surface area contributed by atoms with Crippen molar-refractivity contribution < 1.29 is 14.3 Å². The van der Waals surface area contributed by atoms with Gasteiger partial charge in [-0.05, 0) is 13.8 Å². The van der Waals surface area contributed by atoms with Crippen molar-refractivity contribution in [3.8, 4) is 0 Å². The molecule has 0 aromatic rings. The second kappa shape index (κ2) is 5.70. The molecular weight excluding hydrogens is 194 g/mol. The minimum atomic E-state index is -1.13. The van der Waals surface area contributed by atoms with E-state index in [1.807, 2.05) is 0 Å². The van der Waals surface area contributed by atoms with E-state index in [-0.39, 0.29) is 18.2 Å². The maximum absolute atomic E-state index is 11.1. The van der Waals surface area contributed by atoms with E-state index in [1.165, 1.54) is 6.92 Å². The Morgan fingerprint density at radius 2 is 2.08 bits per heavy atom. The highest BCUT2D eigenvalue weighted by molar-refractivity contribution is 6.33. The van der Waals surface area contributed by atoms with Gasteiger partial charge in [0.1, 0.15) is 0 Å². The van der Waals surface area contributed by atoms with Crippen LogP contribution in [0, 0.1) is 11.3 Å². The molecule has 0 spiro atoms. The lowest BCUT2D eigenvalue weighted by Crippen LogP contribution is -2.32. The fourth-order valence-corrected chi connectivity index (χ4v) is 1.01. The van der Waals surface area contributed by atoms with Crippen molar-refractivity contribution in [2.45, 2.75) is 13.8 Å². The molecule has 1 N–H and O–H groups in total. The molecule has 13 heavy (non-hydrogen) atoms. The molecule has 0 aliphatic rings. The molecule has 1 atom stereocenters. The summed E-state index contributed by atoms with van der Waals surface area (Å²) in [7, 11) is 0. The summed E-state index contributed by atoms with van der Waals surface area (Å²) < 4.78 is 4.63. The number of carbonyl (C=O) groups excluding carboxylic acids is 2.